The summed E-state index contributed by atoms with van der Waals surface area (Å²) < 4.78 is 0. The molecule has 0 fully saturated rings. The van der Waals surface area contributed by atoms with Gasteiger partial charge >= 0.3 is 0 Å². The lowest BCUT2D eigenvalue weighted by Gasteiger charge is -2.42. The summed E-state index contributed by atoms with van der Waals surface area (Å²) in [6.07, 6.45) is 7.28. The first-order valence-electron chi connectivity index (χ1n) is 6.78. The molecule has 1 nitrogen and oxygen atoms in total. The lowest BCUT2D eigenvalue weighted by Crippen LogP contribution is -2.28. The molecule has 3 rings (SSSR count). The third-order valence-corrected chi connectivity index (χ3v) is 6.58. The van der Waals surface area contributed by atoms with Gasteiger partial charge in [-0.15, -0.1) is 18.9 Å². The maximum Gasteiger partial charge on any atom is 0.0316 e. The van der Waals surface area contributed by atoms with Gasteiger partial charge in [0.2, 0.25) is 0 Å². The highest BCUT2D eigenvalue weighted by Gasteiger charge is 2.25. The largest absolute Gasteiger partial charge is 0.407 e. The third-order valence-electron chi connectivity index (χ3n) is 4.28. The Morgan fingerprint density at radius 3 is 2.94 bits per heavy atom. The molecule has 0 aromatic heterocycles. The molecule has 1 heterocycles. The number of nitrogens with zero attached hydrogens (tertiary/aromatic N) is 1. The Bertz CT molecular complexity index is 535. The van der Waals surface area contributed by atoms with Gasteiger partial charge in [-0.1, -0.05) is 19.9 Å². The quantitative estimate of drug-likeness (QED) is 0.541. The van der Waals surface area contributed by atoms with Gasteiger partial charge < -0.3 is 4.90 Å². The number of aryl methyl sites for hydroxylation is 1. The first-order chi connectivity index (χ1) is 8.61. The molecule has 0 spiro atoms. The van der Waals surface area contributed by atoms with E-state index in [0.29, 0.717) is 0 Å². The number of hydrogen-bond acceptors (Lipinski definition) is 1. The van der Waals surface area contributed by atoms with Gasteiger partial charge in [0, 0.05) is 5.70 Å². The molecular weight excluding hydrogens is 237 g/mol. The number of fused-ring (bicyclic) bond motifs is 1. The number of allylic oxidation sites excluding steroid dienone is 3. The molecule has 2 atom stereocenters. The van der Waals surface area contributed by atoms with Crippen molar-refractivity contribution < 1.29 is 0 Å². The summed E-state index contributed by atoms with van der Waals surface area (Å²) in [6, 6.07) is 4.72. The van der Waals surface area contributed by atoms with Gasteiger partial charge in [-0.05, 0) is 43.9 Å². The summed E-state index contributed by atoms with van der Waals surface area (Å²) in [7, 11) is 2.10. The van der Waals surface area contributed by atoms with Crippen LogP contribution in [0.3, 0.4) is 0 Å². The van der Waals surface area contributed by atoms with E-state index in [-0.39, 0.29) is 7.92 Å². The Labute approximate surface area is 111 Å². The summed E-state index contributed by atoms with van der Waals surface area (Å²) in [6.45, 7) is 6.93. The highest BCUT2D eigenvalue weighted by atomic mass is 31.1. The van der Waals surface area contributed by atoms with Crippen LogP contribution in [0.2, 0.25) is 0 Å². The first kappa shape index (κ1) is 12.1. The average molecular weight is 258 g/mol. The Morgan fingerprint density at radius 1 is 1.44 bits per heavy atom. The van der Waals surface area contributed by atoms with Gasteiger partial charge in [0.25, 0.3) is 0 Å². The molecule has 0 bridgehead atoms. The summed E-state index contributed by atoms with van der Waals surface area (Å²) in [5, 5.41) is 3.27. The Morgan fingerprint density at radius 2 is 2.22 bits per heavy atom. The lowest BCUT2D eigenvalue weighted by molar-refractivity contribution is 0.621. The molecule has 0 saturated carbocycles. The second-order valence-electron chi connectivity index (χ2n) is 5.48. The molecule has 1 aliphatic carbocycles. The number of hydrogen-bond donors (Lipinski definition) is 0. The molecule has 2 aliphatic rings. The topological polar surface area (TPSA) is 3.24 Å². The molecule has 0 amide bonds. The summed E-state index contributed by atoms with van der Waals surface area (Å²) in [4.78, 5) is 2.39. The van der Waals surface area contributed by atoms with Crippen molar-refractivity contribution in [1.82, 2.24) is 0 Å². The normalized spacial score (nSPS) is 26.3. The van der Waals surface area contributed by atoms with Crippen LogP contribution in [0, 0.1) is 12.8 Å². The Balaban J connectivity index is 2.06. The molecule has 2 unspecified atom stereocenters. The van der Waals surface area contributed by atoms with Gasteiger partial charge in [0.1, 0.15) is 0 Å². The third kappa shape index (κ3) is 1.68. The summed E-state index contributed by atoms with van der Waals surface area (Å²) in [5.41, 5.74) is 4.29. The molecular formula is C16H21NP-. The minimum Gasteiger partial charge on any atom is -0.407 e. The van der Waals surface area contributed by atoms with Crippen LogP contribution in [0.25, 0.3) is 0 Å². The van der Waals surface area contributed by atoms with E-state index in [9.17, 15) is 0 Å². The lowest BCUT2D eigenvalue weighted by atomic mass is 9.96. The average Bonchev–Trinajstić information content (AvgIpc) is 2.77. The van der Waals surface area contributed by atoms with Crippen LogP contribution >= 0.6 is 7.92 Å². The van der Waals surface area contributed by atoms with Crippen molar-refractivity contribution in [1.29, 1.82) is 0 Å². The smallest absolute Gasteiger partial charge is 0.0316 e. The van der Waals surface area contributed by atoms with E-state index >= 15 is 0 Å². The summed E-state index contributed by atoms with van der Waals surface area (Å²) >= 11 is 0. The van der Waals surface area contributed by atoms with Gasteiger partial charge in [-0.25, -0.2) is 0 Å². The van der Waals surface area contributed by atoms with Gasteiger partial charge in [-0.2, -0.15) is 17.7 Å². The first-order valence-corrected chi connectivity index (χ1v) is 8.56. The molecule has 2 heteroatoms. The van der Waals surface area contributed by atoms with Crippen LogP contribution in [0.1, 0.15) is 25.3 Å². The fraction of sp³-hybridized carbons (Fsp3) is 0.438. The standard InChI is InChI=1S/C16H21NP/c1-5-12-6-7-13-16(10-12)18(4)15-9-11(2)8-14(15)17(13)3/h6-9,12H,5,10H2,1-4H3/q-1. The maximum atomic E-state index is 2.43. The fourth-order valence-corrected chi connectivity index (χ4v) is 5.40. The monoisotopic (exact) mass is 258 g/mol. The van der Waals surface area contributed by atoms with Crippen LogP contribution in [-0.4, -0.2) is 13.7 Å². The van der Waals surface area contributed by atoms with E-state index < -0.39 is 0 Å². The van der Waals surface area contributed by atoms with E-state index in [4.69, 9.17) is 0 Å². The molecule has 18 heavy (non-hydrogen) atoms. The van der Waals surface area contributed by atoms with Crippen LogP contribution in [0.15, 0.2) is 35.3 Å². The van der Waals surface area contributed by atoms with Crippen molar-refractivity contribution in [2.75, 3.05) is 18.6 Å². The van der Waals surface area contributed by atoms with Crippen molar-refractivity contribution in [3.05, 3.63) is 40.9 Å². The molecule has 1 aromatic carbocycles. The van der Waals surface area contributed by atoms with Gasteiger partial charge in [0.15, 0.2) is 0 Å². The molecule has 0 radical (unpaired) electrons. The predicted molar refractivity (Wildman–Crippen MR) is 82.2 cm³/mol. The number of anilines is 1. The van der Waals surface area contributed by atoms with Crippen molar-refractivity contribution in [3.8, 4) is 0 Å². The molecule has 1 aromatic rings. The molecule has 0 saturated heterocycles. The maximum absolute atomic E-state index is 2.43. The Kier molecular flexibility index (Phi) is 2.90. The highest BCUT2D eigenvalue weighted by Crippen LogP contribution is 2.53. The predicted octanol–water partition coefficient (Wildman–Crippen LogP) is 4.10. The second kappa shape index (κ2) is 4.31. The molecule has 0 N–H and O–H groups in total. The van der Waals surface area contributed by atoms with E-state index in [0.717, 1.165) is 5.92 Å². The van der Waals surface area contributed by atoms with Gasteiger partial charge in [0.05, 0.1) is 0 Å². The van der Waals surface area contributed by atoms with Crippen molar-refractivity contribution in [2.24, 2.45) is 5.92 Å². The van der Waals surface area contributed by atoms with Crippen molar-refractivity contribution in [2.45, 2.75) is 26.7 Å². The fourth-order valence-electron chi connectivity index (χ4n) is 3.07. The highest BCUT2D eigenvalue weighted by molar-refractivity contribution is 7.69. The van der Waals surface area contributed by atoms with E-state index in [1.54, 1.807) is 10.6 Å². The van der Waals surface area contributed by atoms with Crippen LogP contribution in [0.4, 0.5) is 5.69 Å². The Hall–Kier alpha value is -0.940. The van der Waals surface area contributed by atoms with Crippen molar-refractivity contribution in [3.63, 3.8) is 0 Å². The van der Waals surface area contributed by atoms with E-state index in [1.165, 1.54) is 29.8 Å². The molecule has 1 aliphatic heterocycles. The van der Waals surface area contributed by atoms with Crippen LogP contribution in [0.5, 0.6) is 0 Å². The second-order valence-corrected chi connectivity index (χ2v) is 7.62. The minimum absolute atomic E-state index is 0.116. The van der Waals surface area contributed by atoms with E-state index in [1.807, 2.05) is 0 Å². The SMILES string of the molecule is CCC1C=CC2=C(C1)P(C)c1c[c-](C)cc1N2C. The van der Waals surface area contributed by atoms with Crippen LogP contribution < -0.4 is 10.2 Å². The molecule has 96 valence electrons. The van der Waals surface area contributed by atoms with Gasteiger partial charge in [-0.3, -0.25) is 0 Å². The number of rotatable bonds is 1. The van der Waals surface area contributed by atoms with Crippen molar-refractivity contribution >= 4 is 18.9 Å². The zero-order valence-electron chi connectivity index (χ0n) is 11.7. The number of likely N-dealkylation sites (N-methyl/N-ethyl adjacent to an activating group) is 1. The zero-order chi connectivity index (χ0) is 12.9. The summed E-state index contributed by atoms with van der Waals surface area (Å²) in [5.74, 6) is 0.750. The minimum atomic E-state index is -0.116. The van der Waals surface area contributed by atoms with E-state index in [2.05, 4.69) is 56.7 Å². The zero-order valence-corrected chi connectivity index (χ0v) is 12.6. The van der Waals surface area contributed by atoms with Crippen LogP contribution in [-0.2, 0) is 0 Å².